The normalized spacial score (nSPS) is 34.6. The molecule has 6 fully saturated rings. The molecule has 6 heterocycles. The van der Waals surface area contributed by atoms with Crippen LogP contribution in [0.2, 0.25) is 0 Å². The summed E-state index contributed by atoms with van der Waals surface area (Å²) in [6.45, 7) is 0.282. The molecule has 0 aliphatic carbocycles. The summed E-state index contributed by atoms with van der Waals surface area (Å²) in [5.74, 6) is -8.43. The molecule has 0 aromatic carbocycles. The topological polar surface area (TPSA) is 629 Å². The van der Waals surface area contributed by atoms with Crippen LogP contribution in [0.3, 0.4) is 0 Å². The van der Waals surface area contributed by atoms with Gasteiger partial charge in [0.25, 0.3) is 5.79 Å². The SMILES string of the molecule is CCCCCCCCCCCCC/C=C/[C@@H](O)[C@H](CO[C@@H]1OC(CO)[C@@H](O[C@@H]2OC(CO)[C@H](O)[C@H](O[C@@H]3OC(CO)[C@@H](O[C@@H]4OC(CO)[C@H](O)[C@H](O[C@@H]5OC(CO)[C@H](O)[C@H](O[C@]6(C(=O)O)CC(O)[C@@H](NC(C)=O)C([C@H](O)[C@H](O)CO)O6)C5NC(C)=O)C4O)[C@H](O)C3NC(C)=O)C2O)[C@H](O)C1O)NC(=O)CCCCCCCCCCCCCCCCCCCCCCC. The van der Waals surface area contributed by atoms with Gasteiger partial charge in [-0.25, -0.2) is 4.79 Å². The number of aliphatic carboxylic acids is 1. The zero-order chi connectivity index (χ0) is 93.3. The number of rotatable bonds is 62. The summed E-state index contributed by atoms with van der Waals surface area (Å²) in [7, 11) is 0. The number of amides is 4. The van der Waals surface area contributed by atoms with Gasteiger partial charge in [-0.3, -0.25) is 19.2 Å². The van der Waals surface area contributed by atoms with Gasteiger partial charge in [-0.1, -0.05) is 219 Å². The van der Waals surface area contributed by atoms with Crippen LogP contribution in [-0.2, 0) is 80.8 Å². The molecule has 6 saturated heterocycles. The first kappa shape index (κ1) is 112. The van der Waals surface area contributed by atoms with Crippen molar-refractivity contribution in [3.63, 3.8) is 0 Å². The van der Waals surface area contributed by atoms with Crippen molar-refractivity contribution < 1.29 is 178 Å². The lowest BCUT2D eigenvalue weighted by molar-refractivity contribution is -0.388. The van der Waals surface area contributed by atoms with Crippen LogP contribution in [0.25, 0.3) is 0 Å². The van der Waals surface area contributed by atoms with Gasteiger partial charge in [0.15, 0.2) is 31.5 Å². The Balaban J connectivity index is 1.10. The molecule has 23 N–H and O–H groups in total. The number of nitrogens with one attached hydrogen (secondary N) is 4. The monoisotopic (exact) mass is 1830 g/mol. The van der Waals surface area contributed by atoms with Crippen molar-refractivity contribution in [1.82, 2.24) is 21.3 Å². The van der Waals surface area contributed by atoms with Crippen LogP contribution in [0.4, 0.5) is 0 Å². The van der Waals surface area contributed by atoms with E-state index in [0.29, 0.717) is 12.8 Å². The van der Waals surface area contributed by atoms with E-state index >= 15 is 0 Å². The van der Waals surface area contributed by atoms with Gasteiger partial charge in [0.1, 0.15) is 140 Å². The first-order valence-electron chi connectivity index (χ1n) is 46.6. The fourth-order valence-corrected chi connectivity index (χ4v) is 17.3. The Hall–Kier alpha value is -4.11. The minimum atomic E-state index is -3.24. The maximum Gasteiger partial charge on any atom is 0.364 e. The molecule has 0 bridgehead atoms. The van der Waals surface area contributed by atoms with Crippen LogP contribution >= 0.6 is 0 Å². The second kappa shape index (κ2) is 59.6. The van der Waals surface area contributed by atoms with Crippen LogP contribution < -0.4 is 21.3 Å². The molecule has 740 valence electrons. The first-order chi connectivity index (χ1) is 60.9. The quantitative estimate of drug-likeness (QED) is 0.0264. The molecule has 4 amide bonds. The molecule has 33 atom stereocenters. The molecular formula is C87H156N4O36. The van der Waals surface area contributed by atoms with Crippen LogP contribution in [-0.4, -0.2) is 375 Å². The Morgan fingerprint density at radius 1 is 0.409 bits per heavy atom. The van der Waals surface area contributed by atoms with E-state index in [4.69, 9.17) is 56.8 Å². The molecule has 6 aliphatic heterocycles. The van der Waals surface area contributed by atoms with E-state index in [9.17, 15) is 121 Å². The Labute approximate surface area is 745 Å². The second-order valence-corrected chi connectivity index (χ2v) is 34.9. The van der Waals surface area contributed by atoms with Crippen LogP contribution in [0.5, 0.6) is 0 Å². The maximum atomic E-state index is 13.6. The highest BCUT2D eigenvalue weighted by molar-refractivity contribution is 5.77. The fraction of sp³-hybridized carbons (Fsp3) is 0.920. The zero-order valence-electron chi connectivity index (χ0n) is 74.8. The third-order valence-corrected chi connectivity index (χ3v) is 24.6. The number of hydrogen-bond acceptors (Lipinski definition) is 35. The Kier molecular flexibility index (Phi) is 52.4. The van der Waals surface area contributed by atoms with Gasteiger partial charge in [-0.2, -0.15) is 0 Å². The highest BCUT2D eigenvalue weighted by Gasteiger charge is 2.62. The lowest BCUT2D eigenvalue weighted by Gasteiger charge is -2.52. The number of aliphatic hydroxyl groups is 18. The van der Waals surface area contributed by atoms with Crippen LogP contribution in [0.15, 0.2) is 12.2 Å². The Bertz CT molecular complexity index is 3070. The number of carbonyl (C=O) groups excluding carboxylic acids is 4. The largest absolute Gasteiger partial charge is 0.477 e. The van der Waals surface area contributed by atoms with Crippen molar-refractivity contribution in [2.45, 2.75) is 461 Å². The predicted molar refractivity (Wildman–Crippen MR) is 450 cm³/mol. The lowest BCUT2D eigenvalue weighted by Crippen LogP contribution is -2.72. The summed E-state index contributed by atoms with van der Waals surface area (Å²) in [5, 5.41) is 224. The molecule has 6 rings (SSSR count). The number of hydrogen-bond donors (Lipinski definition) is 23. The van der Waals surface area contributed by atoms with E-state index in [1.54, 1.807) is 6.08 Å². The van der Waals surface area contributed by atoms with Gasteiger partial charge in [0.05, 0.1) is 70.5 Å². The summed E-state index contributed by atoms with van der Waals surface area (Å²) in [5.41, 5.74) is 0. The highest BCUT2D eigenvalue weighted by atomic mass is 16.8. The number of allylic oxidation sites excluding steroid dienone is 1. The summed E-state index contributed by atoms with van der Waals surface area (Å²) < 4.78 is 71.5. The molecule has 0 radical (unpaired) electrons. The third-order valence-electron chi connectivity index (χ3n) is 24.6. The van der Waals surface area contributed by atoms with Crippen molar-refractivity contribution in [3.05, 3.63) is 12.2 Å². The Morgan fingerprint density at radius 2 is 0.772 bits per heavy atom. The van der Waals surface area contributed by atoms with Gasteiger partial charge in [0.2, 0.25) is 23.6 Å². The second-order valence-electron chi connectivity index (χ2n) is 34.9. The minimum Gasteiger partial charge on any atom is -0.477 e. The lowest BCUT2D eigenvalue weighted by atomic mass is 9.88. The molecule has 40 heteroatoms. The highest BCUT2D eigenvalue weighted by Crippen LogP contribution is 2.41. The molecule has 0 saturated carbocycles. The molecule has 0 spiro atoms. The molecule has 0 aromatic rings. The van der Waals surface area contributed by atoms with Crippen molar-refractivity contribution in [2.24, 2.45) is 0 Å². The van der Waals surface area contributed by atoms with Gasteiger partial charge >= 0.3 is 5.97 Å². The molecule has 0 aromatic heterocycles. The summed E-state index contributed by atoms with van der Waals surface area (Å²) in [4.78, 5) is 65.4. The minimum absolute atomic E-state index is 0.161. The van der Waals surface area contributed by atoms with E-state index in [0.717, 1.165) is 72.1 Å². The van der Waals surface area contributed by atoms with Crippen LogP contribution in [0.1, 0.15) is 259 Å². The fourth-order valence-electron chi connectivity index (χ4n) is 17.3. The van der Waals surface area contributed by atoms with Crippen molar-refractivity contribution >= 4 is 29.6 Å². The number of carbonyl (C=O) groups is 5. The van der Waals surface area contributed by atoms with E-state index in [2.05, 4.69) is 35.1 Å². The van der Waals surface area contributed by atoms with Crippen molar-refractivity contribution in [3.8, 4) is 0 Å². The molecule has 40 nitrogen and oxygen atoms in total. The number of carboxylic acids is 1. The molecule has 6 aliphatic rings. The van der Waals surface area contributed by atoms with Crippen molar-refractivity contribution in [2.75, 3.05) is 46.2 Å². The average Bonchev–Trinajstić information content (AvgIpc) is 0.756. The van der Waals surface area contributed by atoms with Gasteiger partial charge < -0.3 is 175 Å². The Morgan fingerprint density at radius 3 is 1.19 bits per heavy atom. The number of carboxylic acid groups (broad SMARTS) is 1. The molecular weight excluding hydrogens is 1680 g/mol. The van der Waals surface area contributed by atoms with E-state index < -0.39 is 278 Å². The van der Waals surface area contributed by atoms with Gasteiger partial charge in [0, 0.05) is 33.6 Å². The number of aliphatic hydroxyl groups excluding tert-OH is 18. The zero-order valence-corrected chi connectivity index (χ0v) is 74.8. The van der Waals surface area contributed by atoms with Crippen LogP contribution in [0, 0.1) is 0 Å². The van der Waals surface area contributed by atoms with E-state index in [1.165, 1.54) is 148 Å². The number of ether oxygens (including phenoxy) is 12. The van der Waals surface area contributed by atoms with E-state index in [-0.39, 0.29) is 12.3 Å². The average molecular weight is 1830 g/mol. The standard InChI is InChI=1S/C87H156N4O36/c1-6-8-10-12-14-16-18-20-21-22-23-24-25-26-27-29-31-33-35-37-39-41-62(104)91-53(54(101)40-38-36-34-32-30-28-19-17-15-13-11-9-7-2)49-116-83-72(111)71(110)76(61(48-97)121-83)123-85-73(112)79(68(107)58(45-94)119-85)124-81-64(89-51(4)99)70(109)75(60(47-96)120-81)122-84-74(113)80(69(108)59(46-95)118-84)125-82-65(90-52(5)100)78(67(106)57(44-93)117-82)127-87(86(114)115)42-55(102)63(88-50(3)98)77(126-87)66(105)56(103)43-92/h38,40,53-61,63-85,92-97,101-103,105-113H,6-37,39,41-49H2,1-5H3,(H,88,98)(H,89,99)(H,90,100)(H,91,104)(H,114,115)/b40-38+/t53-,54+,55?,56+,57?,58?,59?,60?,61?,63+,64?,65?,66+,67-,68-,69-,70+,71+,72?,73?,74?,75+,76+,77?,78+,79-,80-,81-,82-,83+,84-,85-,87-/m0/s1. The maximum absolute atomic E-state index is 13.6. The van der Waals surface area contributed by atoms with Crippen molar-refractivity contribution in [1.29, 1.82) is 0 Å². The summed E-state index contributed by atoms with van der Waals surface area (Å²) >= 11 is 0. The third kappa shape index (κ3) is 35.0. The van der Waals surface area contributed by atoms with E-state index in [1.807, 2.05) is 6.08 Å². The molecule has 12 unspecified atom stereocenters. The first-order valence-corrected chi connectivity index (χ1v) is 46.6. The number of unbranched alkanes of at least 4 members (excludes halogenated alkanes) is 31. The smallest absolute Gasteiger partial charge is 0.364 e. The van der Waals surface area contributed by atoms with Gasteiger partial charge in [-0.15, -0.1) is 0 Å². The predicted octanol–water partition coefficient (Wildman–Crippen LogP) is -0.734. The molecule has 127 heavy (non-hydrogen) atoms. The summed E-state index contributed by atoms with van der Waals surface area (Å²) in [6, 6.07) is -6.73. The van der Waals surface area contributed by atoms with Gasteiger partial charge in [-0.05, 0) is 19.3 Å². The summed E-state index contributed by atoms with van der Waals surface area (Å²) in [6.07, 6.45) is -15.5.